The topological polar surface area (TPSA) is 32.3 Å². The highest BCUT2D eigenvalue weighted by Crippen LogP contribution is 2.38. The number of urea groups is 1. The van der Waals surface area contributed by atoms with Crippen molar-refractivity contribution < 1.29 is 31.1 Å². The van der Waals surface area contributed by atoms with E-state index >= 15 is 0 Å². The Balaban J connectivity index is 3.42. The van der Waals surface area contributed by atoms with Gasteiger partial charge in [-0.05, 0) is 18.2 Å². The highest BCUT2D eigenvalue weighted by Gasteiger charge is 2.37. The molecule has 0 fully saturated rings. The molecule has 1 rings (SSSR count). The highest BCUT2D eigenvalue weighted by atomic mass is 32.1. The van der Waals surface area contributed by atoms with E-state index in [0.717, 1.165) is 7.05 Å². The maximum atomic E-state index is 12.6. The second kappa shape index (κ2) is 5.43. The maximum Gasteiger partial charge on any atom is 0.416 e. The van der Waals surface area contributed by atoms with Crippen LogP contribution in [0.3, 0.4) is 0 Å². The zero-order valence-electron chi connectivity index (χ0n) is 9.80. The quantitative estimate of drug-likeness (QED) is 0.600. The van der Waals surface area contributed by atoms with Gasteiger partial charge in [-0.15, -0.1) is 0 Å². The summed E-state index contributed by atoms with van der Waals surface area (Å²) < 4.78 is 75.8. The first-order valence-electron chi connectivity index (χ1n) is 4.97. The molecule has 0 aromatic heterocycles. The summed E-state index contributed by atoms with van der Waals surface area (Å²) in [5.74, 6) is 0. The van der Waals surface area contributed by atoms with Crippen LogP contribution in [-0.2, 0) is 12.4 Å². The van der Waals surface area contributed by atoms with Crippen LogP contribution in [0.2, 0.25) is 0 Å². The van der Waals surface area contributed by atoms with Crippen LogP contribution in [-0.4, -0.2) is 13.1 Å². The largest absolute Gasteiger partial charge is 0.416 e. The molecule has 1 aromatic carbocycles. The van der Waals surface area contributed by atoms with E-state index in [4.69, 9.17) is 0 Å². The first-order valence-corrected chi connectivity index (χ1v) is 5.37. The van der Waals surface area contributed by atoms with Crippen LogP contribution in [0.25, 0.3) is 0 Å². The summed E-state index contributed by atoms with van der Waals surface area (Å²) in [4.78, 5) is 11.2. The summed E-state index contributed by atoms with van der Waals surface area (Å²) in [6.45, 7) is 0. The Labute approximate surface area is 115 Å². The Morgan fingerprint density at radius 3 is 1.75 bits per heavy atom. The minimum atomic E-state index is -4.98. The fourth-order valence-corrected chi connectivity index (χ4v) is 1.50. The summed E-state index contributed by atoms with van der Waals surface area (Å²) in [5, 5.41) is 2.03. The van der Waals surface area contributed by atoms with Gasteiger partial charge in [-0.25, -0.2) is 9.10 Å². The zero-order valence-corrected chi connectivity index (χ0v) is 10.7. The number of nitrogens with zero attached hydrogens (tertiary/aromatic N) is 1. The first-order chi connectivity index (χ1) is 8.96. The molecular weight excluding hydrogens is 310 g/mol. The van der Waals surface area contributed by atoms with E-state index in [1.807, 2.05) is 5.32 Å². The van der Waals surface area contributed by atoms with Gasteiger partial charge in [-0.2, -0.15) is 26.3 Å². The molecule has 20 heavy (non-hydrogen) atoms. The number of thiol groups is 1. The molecule has 0 atom stereocenters. The molecule has 3 nitrogen and oxygen atoms in total. The monoisotopic (exact) mass is 318 g/mol. The number of hydrogen-bond donors (Lipinski definition) is 2. The number of carbonyl (C=O) groups excluding carboxylic acids is 1. The maximum absolute atomic E-state index is 12.6. The van der Waals surface area contributed by atoms with Crippen molar-refractivity contribution >= 4 is 24.5 Å². The third-order valence-corrected chi connectivity index (χ3v) is 2.64. The van der Waals surface area contributed by atoms with Crippen molar-refractivity contribution in [2.24, 2.45) is 0 Å². The third kappa shape index (κ3) is 3.71. The van der Waals surface area contributed by atoms with Crippen molar-refractivity contribution in [2.45, 2.75) is 12.4 Å². The highest BCUT2D eigenvalue weighted by molar-refractivity contribution is 7.82. The van der Waals surface area contributed by atoms with E-state index < -0.39 is 35.2 Å². The lowest BCUT2D eigenvalue weighted by Crippen LogP contribution is -2.31. The molecule has 1 N–H and O–H groups in total. The summed E-state index contributed by atoms with van der Waals surface area (Å²) in [7, 11) is 1.16. The van der Waals surface area contributed by atoms with Crippen molar-refractivity contribution in [3.05, 3.63) is 29.3 Å². The van der Waals surface area contributed by atoms with Crippen LogP contribution in [0.5, 0.6) is 0 Å². The molecule has 10 heteroatoms. The van der Waals surface area contributed by atoms with Crippen LogP contribution in [0.1, 0.15) is 11.1 Å². The smallest absolute Gasteiger partial charge is 0.340 e. The Bertz CT molecular complexity index is 481. The predicted molar refractivity (Wildman–Crippen MR) is 62.4 cm³/mol. The number of benzene rings is 1. The van der Waals surface area contributed by atoms with Crippen LogP contribution < -0.4 is 9.62 Å². The van der Waals surface area contributed by atoms with E-state index in [1.54, 1.807) is 0 Å². The number of amides is 2. The fraction of sp³-hybridized carbons (Fsp3) is 0.300. The standard InChI is InChI=1S/C10H8F6N2OS/c1-17-8(19)18(20)7-3-5(9(11,12)13)2-6(4-7)10(14,15)16/h2-4,20H,1H3,(H,17,19). The van der Waals surface area contributed by atoms with Gasteiger partial charge in [0.05, 0.1) is 16.8 Å². The number of hydrogen-bond acceptors (Lipinski definition) is 2. The van der Waals surface area contributed by atoms with Crippen molar-refractivity contribution in [3.63, 3.8) is 0 Å². The van der Waals surface area contributed by atoms with Crippen LogP contribution in [0.15, 0.2) is 18.2 Å². The summed E-state index contributed by atoms with van der Waals surface area (Å²) in [6, 6.07) is -0.204. The van der Waals surface area contributed by atoms with Crippen molar-refractivity contribution in [1.82, 2.24) is 5.32 Å². The SMILES string of the molecule is CNC(=O)N(S)c1cc(C(F)(F)F)cc(C(F)(F)F)c1. The molecule has 2 amide bonds. The minimum absolute atomic E-state index is 0.0328. The van der Waals surface area contributed by atoms with Gasteiger partial charge in [0.1, 0.15) is 0 Å². The van der Waals surface area contributed by atoms with Gasteiger partial charge >= 0.3 is 18.4 Å². The number of carbonyl (C=O) groups is 1. The molecule has 0 aliphatic heterocycles. The fourth-order valence-electron chi connectivity index (χ4n) is 1.28. The first kappa shape index (κ1) is 16.5. The second-order valence-corrected chi connectivity index (χ2v) is 4.03. The van der Waals surface area contributed by atoms with Crippen LogP contribution >= 0.6 is 12.8 Å². The Hall–Kier alpha value is -1.58. The van der Waals surface area contributed by atoms with Crippen molar-refractivity contribution in [1.29, 1.82) is 0 Å². The number of nitrogens with one attached hydrogen (secondary N) is 1. The van der Waals surface area contributed by atoms with E-state index in [-0.39, 0.29) is 6.07 Å². The van der Waals surface area contributed by atoms with Crippen LogP contribution in [0.4, 0.5) is 36.8 Å². The molecule has 0 bridgehead atoms. The van der Waals surface area contributed by atoms with Gasteiger partial charge in [0.2, 0.25) is 0 Å². The molecule has 0 saturated carbocycles. The summed E-state index contributed by atoms with van der Waals surface area (Å²) in [5.41, 5.74) is -3.69. The second-order valence-electron chi connectivity index (χ2n) is 3.63. The normalized spacial score (nSPS) is 12.2. The molecule has 0 heterocycles. The summed E-state index contributed by atoms with van der Waals surface area (Å²) in [6.07, 6.45) is -9.96. The van der Waals surface area contributed by atoms with E-state index in [2.05, 4.69) is 12.8 Å². The Morgan fingerprint density at radius 2 is 1.45 bits per heavy atom. The van der Waals surface area contributed by atoms with Crippen LogP contribution in [0, 0.1) is 0 Å². The van der Waals surface area contributed by atoms with Gasteiger partial charge in [-0.3, -0.25) is 0 Å². The third-order valence-electron chi connectivity index (χ3n) is 2.22. The number of halogens is 6. The lowest BCUT2D eigenvalue weighted by molar-refractivity contribution is -0.143. The molecular formula is C10H8F6N2OS. The number of alkyl halides is 6. The Kier molecular flexibility index (Phi) is 4.47. The minimum Gasteiger partial charge on any atom is -0.340 e. The molecule has 112 valence electrons. The molecule has 0 saturated heterocycles. The Morgan fingerprint density at radius 1 is 1.05 bits per heavy atom. The van der Waals surface area contributed by atoms with Gasteiger partial charge in [0.15, 0.2) is 0 Å². The predicted octanol–water partition coefficient (Wildman–Crippen LogP) is 3.71. The van der Waals surface area contributed by atoms with Crippen molar-refractivity contribution in [2.75, 3.05) is 11.4 Å². The zero-order chi connectivity index (χ0) is 15.7. The molecule has 0 unspecified atom stereocenters. The van der Waals surface area contributed by atoms with Gasteiger partial charge in [0.25, 0.3) is 0 Å². The van der Waals surface area contributed by atoms with E-state index in [9.17, 15) is 31.1 Å². The molecule has 1 aromatic rings. The average molecular weight is 318 g/mol. The van der Waals surface area contributed by atoms with Gasteiger partial charge < -0.3 is 5.32 Å². The van der Waals surface area contributed by atoms with Crippen molar-refractivity contribution in [3.8, 4) is 0 Å². The lowest BCUT2D eigenvalue weighted by Gasteiger charge is -2.19. The lowest BCUT2D eigenvalue weighted by atomic mass is 10.1. The molecule has 0 radical (unpaired) electrons. The van der Waals surface area contributed by atoms with Gasteiger partial charge in [-0.1, -0.05) is 12.8 Å². The van der Waals surface area contributed by atoms with E-state index in [0.29, 0.717) is 16.4 Å². The molecule has 0 aliphatic carbocycles. The molecule has 0 spiro atoms. The number of rotatable bonds is 1. The van der Waals surface area contributed by atoms with E-state index in [1.165, 1.54) is 0 Å². The average Bonchev–Trinajstić information content (AvgIpc) is 2.34. The number of anilines is 1. The molecule has 0 aliphatic rings. The van der Waals surface area contributed by atoms with Gasteiger partial charge in [0, 0.05) is 7.05 Å². The summed E-state index contributed by atoms with van der Waals surface area (Å²) >= 11 is 3.57.